The highest BCUT2D eigenvalue weighted by Gasteiger charge is 2.66. The molecule has 4 nitrogen and oxygen atoms in total. The van der Waals surface area contributed by atoms with Crippen molar-refractivity contribution in [2.45, 2.75) is 107 Å². The van der Waals surface area contributed by atoms with Gasteiger partial charge in [0.1, 0.15) is 0 Å². The SMILES string of the molecule is CS(=O)(=O)C(F)(F)CC1CC2CC1C1OC(C3CCCCC3)(C3CCCCC3)OC21. The van der Waals surface area contributed by atoms with E-state index >= 15 is 0 Å². The molecule has 0 spiro atoms. The lowest BCUT2D eigenvalue weighted by Crippen LogP contribution is -2.49. The summed E-state index contributed by atoms with van der Waals surface area (Å²) < 4.78 is 65.6. The molecular weight excluding hydrogens is 410 g/mol. The first-order chi connectivity index (χ1) is 14.2. The van der Waals surface area contributed by atoms with Gasteiger partial charge >= 0.3 is 5.25 Å². The van der Waals surface area contributed by atoms with Crippen LogP contribution in [0, 0.1) is 29.6 Å². The van der Waals surface area contributed by atoms with Crippen LogP contribution in [0.3, 0.4) is 0 Å². The number of alkyl halides is 2. The summed E-state index contributed by atoms with van der Waals surface area (Å²) in [6.45, 7) is 0. The van der Waals surface area contributed by atoms with Gasteiger partial charge in [0.15, 0.2) is 5.79 Å². The summed E-state index contributed by atoms with van der Waals surface area (Å²) >= 11 is 0. The summed E-state index contributed by atoms with van der Waals surface area (Å²) in [5.74, 6) is 0.237. The predicted octanol–water partition coefficient (Wildman–Crippen LogP) is 5.31. The molecule has 4 aliphatic carbocycles. The Bertz CT molecular complexity index is 724. The van der Waals surface area contributed by atoms with Gasteiger partial charge in [-0.15, -0.1) is 0 Å². The van der Waals surface area contributed by atoms with E-state index < -0.39 is 27.3 Å². The third-order valence-corrected chi connectivity index (χ3v) is 10.3. The third kappa shape index (κ3) is 3.45. The van der Waals surface area contributed by atoms with Gasteiger partial charge in [-0.05, 0) is 56.3 Å². The zero-order valence-corrected chi connectivity index (χ0v) is 18.8. The van der Waals surface area contributed by atoms with E-state index in [1.807, 2.05) is 0 Å². The second-order valence-corrected chi connectivity index (χ2v) is 13.0. The van der Waals surface area contributed by atoms with Crippen LogP contribution in [0.1, 0.15) is 83.5 Å². The van der Waals surface area contributed by atoms with Crippen molar-refractivity contribution in [2.75, 3.05) is 6.26 Å². The summed E-state index contributed by atoms with van der Waals surface area (Å²) in [5.41, 5.74) is 0. The normalized spacial score (nSPS) is 40.0. The Morgan fingerprint density at radius 3 is 1.93 bits per heavy atom. The molecule has 0 radical (unpaired) electrons. The van der Waals surface area contributed by atoms with Crippen LogP contribution in [-0.2, 0) is 19.3 Å². The van der Waals surface area contributed by atoms with Crippen LogP contribution in [0.4, 0.5) is 8.78 Å². The highest BCUT2D eigenvalue weighted by Crippen LogP contribution is 2.61. The first-order valence-corrected chi connectivity index (χ1v) is 14.0. The molecule has 172 valence electrons. The highest BCUT2D eigenvalue weighted by molar-refractivity contribution is 7.91. The molecule has 4 saturated carbocycles. The van der Waals surface area contributed by atoms with Crippen molar-refractivity contribution in [3.8, 4) is 0 Å². The van der Waals surface area contributed by atoms with Crippen LogP contribution >= 0.6 is 0 Å². The fraction of sp³-hybridized carbons (Fsp3) is 1.00. The van der Waals surface area contributed by atoms with Crippen molar-refractivity contribution >= 4 is 9.84 Å². The van der Waals surface area contributed by atoms with Crippen LogP contribution in [-0.4, -0.2) is 37.9 Å². The number of ether oxygens (including phenoxy) is 2. The Labute approximate surface area is 179 Å². The largest absolute Gasteiger partial charge is 0.345 e. The topological polar surface area (TPSA) is 52.6 Å². The summed E-state index contributed by atoms with van der Waals surface area (Å²) in [6, 6.07) is 0. The molecule has 1 aliphatic heterocycles. The van der Waals surface area contributed by atoms with Crippen molar-refractivity contribution in [1.29, 1.82) is 0 Å². The molecule has 30 heavy (non-hydrogen) atoms. The predicted molar refractivity (Wildman–Crippen MR) is 110 cm³/mol. The number of fused-ring (bicyclic) bond motifs is 5. The monoisotopic (exact) mass is 446 g/mol. The fourth-order valence-electron chi connectivity index (χ4n) is 7.57. The van der Waals surface area contributed by atoms with Crippen molar-refractivity contribution in [1.82, 2.24) is 0 Å². The van der Waals surface area contributed by atoms with Gasteiger partial charge in [-0.2, -0.15) is 8.78 Å². The van der Waals surface area contributed by atoms with Crippen LogP contribution in [0.15, 0.2) is 0 Å². The minimum Gasteiger partial charge on any atom is -0.343 e. The van der Waals surface area contributed by atoms with Gasteiger partial charge in [-0.3, -0.25) is 0 Å². The average molecular weight is 447 g/mol. The summed E-state index contributed by atoms with van der Waals surface area (Å²) in [7, 11) is -4.39. The van der Waals surface area contributed by atoms with E-state index in [0.29, 0.717) is 24.5 Å². The highest BCUT2D eigenvalue weighted by atomic mass is 32.2. The van der Waals surface area contributed by atoms with E-state index in [0.717, 1.165) is 32.1 Å². The molecule has 5 atom stereocenters. The summed E-state index contributed by atoms with van der Waals surface area (Å²) in [4.78, 5) is 0. The van der Waals surface area contributed by atoms with E-state index in [1.54, 1.807) is 0 Å². The Morgan fingerprint density at radius 1 is 0.867 bits per heavy atom. The van der Waals surface area contributed by atoms with Gasteiger partial charge in [0.25, 0.3) is 0 Å². The molecular formula is C23H36F2O4S. The Morgan fingerprint density at radius 2 is 1.40 bits per heavy atom. The van der Waals surface area contributed by atoms with Gasteiger partial charge in [-0.1, -0.05) is 38.5 Å². The first-order valence-electron chi connectivity index (χ1n) is 12.1. The number of halogens is 2. The zero-order chi connectivity index (χ0) is 21.1. The molecule has 2 bridgehead atoms. The van der Waals surface area contributed by atoms with Gasteiger partial charge in [-0.25, -0.2) is 8.42 Å². The van der Waals surface area contributed by atoms with Crippen molar-refractivity contribution < 1.29 is 26.7 Å². The lowest BCUT2D eigenvalue weighted by molar-refractivity contribution is -0.263. The molecule has 1 heterocycles. The Balaban J connectivity index is 1.38. The van der Waals surface area contributed by atoms with Crippen LogP contribution in [0.25, 0.3) is 0 Å². The minimum atomic E-state index is -4.39. The van der Waals surface area contributed by atoms with E-state index in [2.05, 4.69) is 0 Å². The summed E-state index contributed by atoms with van der Waals surface area (Å²) in [5, 5.41) is -3.65. The lowest BCUT2D eigenvalue weighted by atomic mass is 9.72. The summed E-state index contributed by atoms with van der Waals surface area (Å²) in [6.07, 6.45) is 13.4. The Kier molecular flexibility index (Phi) is 5.50. The first kappa shape index (κ1) is 21.6. The van der Waals surface area contributed by atoms with Gasteiger partial charge in [0.2, 0.25) is 9.84 Å². The molecule has 5 rings (SSSR count). The average Bonchev–Trinajstić information content (AvgIpc) is 3.38. The lowest BCUT2D eigenvalue weighted by Gasteiger charge is -2.46. The second kappa shape index (κ2) is 7.65. The maximum Gasteiger partial charge on any atom is 0.345 e. The maximum absolute atomic E-state index is 14.3. The smallest absolute Gasteiger partial charge is 0.343 e. The second-order valence-electron chi connectivity index (χ2n) is 10.8. The van der Waals surface area contributed by atoms with E-state index in [1.165, 1.54) is 38.5 Å². The maximum atomic E-state index is 14.3. The molecule has 5 aliphatic rings. The minimum absolute atomic E-state index is 0.00156. The molecule has 5 fully saturated rings. The molecule has 5 unspecified atom stereocenters. The molecule has 7 heteroatoms. The zero-order valence-electron chi connectivity index (χ0n) is 18.0. The fourth-order valence-corrected chi connectivity index (χ4v) is 8.09. The number of hydrogen-bond acceptors (Lipinski definition) is 4. The quantitative estimate of drug-likeness (QED) is 0.574. The van der Waals surface area contributed by atoms with Crippen LogP contribution in [0.2, 0.25) is 0 Å². The molecule has 0 aromatic rings. The van der Waals surface area contributed by atoms with Crippen LogP contribution in [0.5, 0.6) is 0 Å². The molecule has 0 aromatic carbocycles. The number of hydrogen-bond donors (Lipinski definition) is 0. The van der Waals surface area contributed by atoms with E-state index in [9.17, 15) is 17.2 Å². The van der Waals surface area contributed by atoms with Gasteiger partial charge < -0.3 is 9.47 Å². The molecule has 1 saturated heterocycles. The molecule has 0 aromatic heterocycles. The number of sulfone groups is 1. The molecule has 0 N–H and O–H groups in total. The van der Waals surface area contributed by atoms with Crippen LogP contribution < -0.4 is 0 Å². The van der Waals surface area contributed by atoms with Gasteiger partial charge in [0.05, 0.1) is 12.2 Å². The third-order valence-electron chi connectivity index (χ3n) is 9.03. The number of rotatable bonds is 5. The van der Waals surface area contributed by atoms with Crippen molar-refractivity contribution in [3.05, 3.63) is 0 Å². The van der Waals surface area contributed by atoms with E-state index in [4.69, 9.17) is 9.47 Å². The van der Waals surface area contributed by atoms with Crippen molar-refractivity contribution in [3.63, 3.8) is 0 Å². The van der Waals surface area contributed by atoms with E-state index in [-0.39, 0.29) is 30.0 Å². The molecule has 0 amide bonds. The van der Waals surface area contributed by atoms with Gasteiger partial charge in [0, 0.05) is 24.5 Å². The standard InChI is InChI=1S/C23H36F2O4S/c1-30(26,27)22(24,25)14-16-12-15-13-19(16)21-20(15)28-23(29-21,17-8-4-2-5-9-17)18-10-6-3-7-11-18/h15-21H,2-14H2,1H3. The Hall–Kier alpha value is -0.270. The van der Waals surface area contributed by atoms with Crippen molar-refractivity contribution in [2.24, 2.45) is 29.6 Å².